The molecule has 2 amide bonds. The minimum absolute atomic E-state index is 0.0549. The Morgan fingerprint density at radius 3 is 2.37 bits per heavy atom. The first-order valence-electron chi connectivity index (χ1n) is 9.82. The molecule has 0 aliphatic carbocycles. The fourth-order valence-electron chi connectivity index (χ4n) is 3.32. The quantitative estimate of drug-likeness (QED) is 0.753. The van der Waals surface area contributed by atoms with Crippen LogP contribution in [0.2, 0.25) is 0 Å². The molecule has 1 aliphatic rings. The van der Waals surface area contributed by atoms with E-state index in [0.717, 1.165) is 25.9 Å². The number of benzene rings is 1. The topological polar surface area (TPSA) is 109 Å². The number of sulfonamides is 1. The minimum atomic E-state index is -3.89. The van der Waals surface area contributed by atoms with Gasteiger partial charge in [-0.3, -0.25) is 9.59 Å². The van der Waals surface area contributed by atoms with E-state index in [-0.39, 0.29) is 16.8 Å². The Morgan fingerprint density at radius 2 is 1.73 bits per heavy atom. The zero-order chi connectivity index (χ0) is 22.1. The van der Waals surface area contributed by atoms with Gasteiger partial charge >= 0.3 is 0 Å². The third kappa shape index (κ3) is 4.91. The summed E-state index contributed by atoms with van der Waals surface area (Å²) in [6.45, 7) is 8.37. The van der Waals surface area contributed by atoms with Crippen LogP contribution in [0, 0.1) is 6.92 Å². The Morgan fingerprint density at radius 1 is 1.07 bits per heavy atom. The molecule has 3 rings (SSSR count). The van der Waals surface area contributed by atoms with E-state index in [0.29, 0.717) is 16.8 Å². The van der Waals surface area contributed by atoms with E-state index in [1.165, 1.54) is 12.1 Å². The molecule has 30 heavy (non-hydrogen) atoms. The van der Waals surface area contributed by atoms with Gasteiger partial charge < -0.3 is 14.6 Å². The fourth-order valence-corrected chi connectivity index (χ4v) is 4.67. The molecule has 1 aliphatic heterocycles. The average molecular weight is 434 g/mol. The van der Waals surface area contributed by atoms with E-state index >= 15 is 0 Å². The average Bonchev–Trinajstić information content (AvgIpc) is 3.33. The number of rotatable bonds is 5. The number of hydrogen-bond acceptors (Lipinski definition) is 5. The number of anilines is 1. The summed E-state index contributed by atoms with van der Waals surface area (Å²) < 4.78 is 32.5. The Kier molecular flexibility index (Phi) is 6.05. The van der Waals surface area contributed by atoms with Crippen molar-refractivity contribution in [1.82, 2.24) is 9.62 Å². The highest BCUT2D eigenvalue weighted by atomic mass is 32.2. The van der Waals surface area contributed by atoms with Gasteiger partial charge in [0.05, 0.1) is 0 Å². The van der Waals surface area contributed by atoms with E-state index < -0.39 is 21.5 Å². The Hall–Kier alpha value is -2.65. The molecule has 2 aromatic rings. The Labute approximate surface area is 176 Å². The van der Waals surface area contributed by atoms with Crippen LogP contribution in [0.25, 0.3) is 0 Å². The van der Waals surface area contributed by atoms with Gasteiger partial charge in [-0.2, -0.15) is 0 Å². The number of hydrogen-bond donors (Lipinski definition) is 2. The molecular weight excluding hydrogens is 406 g/mol. The predicted molar refractivity (Wildman–Crippen MR) is 113 cm³/mol. The van der Waals surface area contributed by atoms with Crippen LogP contribution in [0.4, 0.5) is 5.69 Å². The Balaban J connectivity index is 1.78. The van der Waals surface area contributed by atoms with E-state index in [2.05, 4.69) is 10.0 Å². The van der Waals surface area contributed by atoms with Crippen molar-refractivity contribution in [2.24, 2.45) is 0 Å². The molecule has 1 saturated heterocycles. The highest BCUT2D eigenvalue weighted by molar-refractivity contribution is 7.89. The van der Waals surface area contributed by atoms with Crippen LogP contribution in [0.5, 0.6) is 0 Å². The summed E-state index contributed by atoms with van der Waals surface area (Å²) in [5.74, 6) is -0.790. The Bertz CT molecular complexity index is 1060. The molecule has 8 nitrogen and oxygen atoms in total. The second-order valence-corrected chi connectivity index (χ2v) is 10.0. The molecule has 162 valence electrons. The summed E-state index contributed by atoms with van der Waals surface area (Å²) in [7, 11) is -3.89. The SMILES string of the molecule is Cc1c(NC(=O)c2ccc(S(=O)(=O)NC(C)(C)C)o2)cccc1C(=O)N1CCCC1. The predicted octanol–water partition coefficient (Wildman–Crippen LogP) is 3.15. The maximum absolute atomic E-state index is 12.7. The maximum Gasteiger partial charge on any atom is 0.291 e. The van der Waals surface area contributed by atoms with E-state index in [4.69, 9.17) is 4.42 Å². The van der Waals surface area contributed by atoms with Crippen LogP contribution >= 0.6 is 0 Å². The number of nitrogens with one attached hydrogen (secondary N) is 2. The van der Waals surface area contributed by atoms with Crippen LogP contribution in [-0.4, -0.2) is 43.8 Å². The fraction of sp³-hybridized carbons (Fsp3) is 0.429. The molecule has 0 atom stereocenters. The van der Waals surface area contributed by atoms with Gasteiger partial charge in [-0.1, -0.05) is 6.07 Å². The number of carbonyl (C=O) groups excluding carboxylic acids is 2. The smallest absolute Gasteiger partial charge is 0.291 e. The number of amides is 2. The largest absolute Gasteiger partial charge is 0.438 e. The molecule has 2 N–H and O–H groups in total. The lowest BCUT2D eigenvalue weighted by molar-refractivity contribution is 0.0791. The summed E-state index contributed by atoms with van der Waals surface area (Å²) in [5.41, 5.74) is 0.968. The first-order valence-corrected chi connectivity index (χ1v) is 11.3. The normalized spacial score (nSPS) is 14.7. The van der Waals surface area contributed by atoms with Gasteiger partial charge in [0.25, 0.3) is 21.8 Å². The molecule has 1 aromatic carbocycles. The summed E-state index contributed by atoms with van der Waals surface area (Å²) >= 11 is 0. The number of carbonyl (C=O) groups is 2. The lowest BCUT2D eigenvalue weighted by Crippen LogP contribution is -2.40. The highest BCUT2D eigenvalue weighted by Gasteiger charge is 2.27. The van der Waals surface area contributed by atoms with Crippen LogP contribution in [-0.2, 0) is 10.0 Å². The van der Waals surface area contributed by atoms with Crippen molar-refractivity contribution in [3.63, 3.8) is 0 Å². The number of furan rings is 1. The molecule has 9 heteroatoms. The first kappa shape index (κ1) is 22.0. The molecule has 1 fully saturated rings. The summed E-state index contributed by atoms with van der Waals surface area (Å²) in [5, 5.41) is 2.37. The molecule has 0 unspecified atom stereocenters. The van der Waals surface area contributed by atoms with Crippen LogP contribution in [0.1, 0.15) is 60.1 Å². The van der Waals surface area contributed by atoms with Gasteiger partial charge in [-0.05, 0) is 70.4 Å². The highest BCUT2D eigenvalue weighted by Crippen LogP contribution is 2.24. The third-order valence-corrected chi connectivity index (χ3v) is 6.35. The molecule has 0 spiro atoms. The first-order chi connectivity index (χ1) is 14.0. The van der Waals surface area contributed by atoms with Gasteiger partial charge in [0.2, 0.25) is 5.09 Å². The minimum Gasteiger partial charge on any atom is -0.438 e. The van der Waals surface area contributed by atoms with Crippen molar-refractivity contribution < 1.29 is 22.4 Å². The zero-order valence-electron chi connectivity index (χ0n) is 17.6. The van der Waals surface area contributed by atoms with E-state index in [9.17, 15) is 18.0 Å². The summed E-state index contributed by atoms with van der Waals surface area (Å²) in [6.07, 6.45) is 1.99. The van der Waals surface area contributed by atoms with Gasteiger partial charge in [-0.25, -0.2) is 13.1 Å². The van der Waals surface area contributed by atoms with E-state index in [1.54, 1.807) is 50.8 Å². The van der Waals surface area contributed by atoms with Gasteiger partial charge in [0.15, 0.2) is 5.76 Å². The van der Waals surface area contributed by atoms with Gasteiger partial charge in [0.1, 0.15) is 0 Å². The van der Waals surface area contributed by atoms with Crippen LogP contribution in [0.3, 0.4) is 0 Å². The second-order valence-electron chi connectivity index (χ2n) is 8.41. The lowest BCUT2D eigenvalue weighted by atomic mass is 10.1. The van der Waals surface area contributed by atoms with Gasteiger partial charge in [-0.15, -0.1) is 0 Å². The molecule has 2 heterocycles. The number of nitrogens with zero attached hydrogens (tertiary/aromatic N) is 1. The zero-order valence-corrected chi connectivity index (χ0v) is 18.4. The summed E-state index contributed by atoms with van der Waals surface area (Å²) in [6, 6.07) is 7.68. The van der Waals surface area contributed by atoms with Crippen molar-refractivity contribution in [1.29, 1.82) is 0 Å². The monoisotopic (exact) mass is 433 g/mol. The standard InChI is InChI=1S/C21H27N3O5S/c1-14-15(20(26)24-12-5-6-13-24)8-7-9-16(14)22-19(25)17-10-11-18(29-17)30(27,28)23-21(2,3)4/h7-11,23H,5-6,12-13H2,1-4H3,(H,22,25). The van der Waals surface area contributed by atoms with Crippen LogP contribution in [0.15, 0.2) is 39.8 Å². The third-order valence-electron chi connectivity index (χ3n) is 4.72. The summed E-state index contributed by atoms with van der Waals surface area (Å²) in [4.78, 5) is 27.1. The molecule has 0 radical (unpaired) electrons. The van der Waals surface area contributed by atoms with Crippen molar-refractivity contribution in [3.8, 4) is 0 Å². The van der Waals surface area contributed by atoms with Gasteiger partial charge in [0, 0.05) is 29.9 Å². The molecular formula is C21H27N3O5S. The molecule has 1 aromatic heterocycles. The van der Waals surface area contributed by atoms with Crippen molar-refractivity contribution in [3.05, 3.63) is 47.2 Å². The van der Waals surface area contributed by atoms with Crippen molar-refractivity contribution >= 4 is 27.5 Å². The lowest BCUT2D eigenvalue weighted by Gasteiger charge is -2.19. The second kappa shape index (κ2) is 8.23. The van der Waals surface area contributed by atoms with E-state index in [1.807, 2.05) is 0 Å². The van der Waals surface area contributed by atoms with Crippen molar-refractivity contribution in [2.75, 3.05) is 18.4 Å². The van der Waals surface area contributed by atoms with Crippen molar-refractivity contribution in [2.45, 2.75) is 51.2 Å². The maximum atomic E-state index is 12.7. The molecule has 0 saturated carbocycles. The molecule has 0 bridgehead atoms. The van der Waals surface area contributed by atoms with Crippen LogP contribution < -0.4 is 10.0 Å². The number of likely N-dealkylation sites (tertiary alicyclic amines) is 1.